The molecule has 0 saturated carbocycles. The van der Waals surface area contributed by atoms with Crippen molar-refractivity contribution >= 4 is 11.9 Å². The van der Waals surface area contributed by atoms with E-state index in [4.69, 9.17) is 11.1 Å². The van der Waals surface area contributed by atoms with E-state index in [1.165, 1.54) is 0 Å². The van der Waals surface area contributed by atoms with Crippen molar-refractivity contribution in [3.05, 3.63) is 42.0 Å². The average Bonchev–Trinajstić information content (AvgIpc) is 2.03. The zero-order chi connectivity index (χ0) is 8.10. The predicted molar refractivity (Wildman–Crippen MR) is 47.4 cm³/mol. The van der Waals surface area contributed by atoms with Crippen LogP contribution in [0.1, 0.15) is 5.56 Å². The van der Waals surface area contributed by atoms with E-state index in [9.17, 15) is 0 Å². The van der Waals surface area contributed by atoms with Gasteiger partial charge in [0, 0.05) is 0 Å². The topological polar surface area (TPSA) is 49.9 Å². The van der Waals surface area contributed by atoms with Crippen LogP contribution in [0.3, 0.4) is 0 Å². The van der Waals surface area contributed by atoms with Crippen LogP contribution in [0.15, 0.2) is 36.4 Å². The van der Waals surface area contributed by atoms with Gasteiger partial charge in [-0.1, -0.05) is 36.4 Å². The molecule has 0 amide bonds. The summed E-state index contributed by atoms with van der Waals surface area (Å²) in [6.07, 6.45) is 3.37. The Morgan fingerprint density at radius 2 is 1.91 bits per heavy atom. The Labute approximate surface area is 65.9 Å². The number of amidine groups is 1. The summed E-state index contributed by atoms with van der Waals surface area (Å²) in [6.45, 7) is 0. The summed E-state index contributed by atoms with van der Waals surface area (Å²) in [5, 5.41) is 6.93. The number of hydrogen-bond acceptors (Lipinski definition) is 1. The highest BCUT2D eigenvalue weighted by Crippen LogP contribution is 1.99. The molecule has 0 heterocycles. The van der Waals surface area contributed by atoms with Crippen molar-refractivity contribution in [3.8, 4) is 0 Å². The summed E-state index contributed by atoms with van der Waals surface area (Å²) in [6, 6.07) is 9.75. The van der Waals surface area contributed by atoms with Crippen LogP contribution in [-0.2, 0) is 0 Å². The van der Waals surface area contributed by atoms with Crippen molar-refractivity contribution in [1.29, 1.82) is 5.41 Å². The van der Waals surface area contributed by atoms with Gasteiger partial charge in [-0.15, -0.1) is 0 Å². The summed E-state index contributed by atoms with van der Waals surface area (Å²) >= 11 is 0. The van der Waals surface area contributed by atoms with Gasteiger partial charge in [-0.3, -0.25) is 5.41 Å². The van der Waals surface area contributed by atoms with Crippen LogP contribution in [0.4, 0.5) is 0 Å². The van der Waals surface area contributed by atoms with Crippen LogP contribution in [0.2, 0.25) is 0 Å². The van der Waals surface area contributed by atoms with Gasteiger partial charge < -0.3 is 5.73 Å². The quantitative estimate of drug-likeness (QED) is 0.483. The average molecular weight is 146 g/mol. The monoisotopic (exact) mass is 146 g/mol. The Kier molecular flexibility index (Phi) is 2.44. The number of nitrogens with one attached hydrogen (secondary N) is 1. The van der Waals surface area contributed by atoms with Crippen LogP contribution >= 0.6 is 0 Å². The Balaban J connectivity index is 2.72. The number of benzene rings is 1. The molecule has 1 aromatic carbocycles. The van der Waals surface area contributed by atoms with Crippen LogP contribution < -0.4 is 5.73 Å². The van der Waals surface area contributed by atoms with Gasteiger partial charge in [-0.25, -0.2) is 0 Å². The third-order valence-corrected chi connectivity index (χ3v) is 1.25. The molecule has 0 spiro atoms. The second kappa shape index (κ2) is 3.56. The molecule has 0 aliphatic rings. The molecule has 0 saturated heterocycles. The van der Waals surface area contributed by atoms with Crippen LogP contribution in [-0.4, -0.2) is 5.84 Å². The molecule has 56 valence electrons. The fourth-order valence-corrected chi connectivity index (χ4v) is 0.750. The molecule has 2 nitrogen and oxygen atoms in total. The maximum absolute atomic E-state index is 6.93. The minimum Gasteiger partial charge on any atom is -0.384 e. The normalized spacial score (nSPS) is 10.2. The Bertz CT molecular complexity index is 262. The third-order valence-electron chi connectivity index (χ3n) is 1.25. The minimum atomic E-state index is 0.0776. The van der Waals surface area contributed by atoms with Gasteiger partial charge in [0.15, 0.2) is 0 Å². The summed E-state index contributed by atoms with van der Waals surface area (Å²) in [5.41, 5.74) is 6.19. The number of nitrogens with two attached hydrogens (primary N) is 1. The van der Waals surface area contributed by atoms with E-state index in [0.717, 1.165) is 5.56 Å². The van der Waals surface area contributed by atoms with E-state index in [-0.39, 0.29) is 5.84 Å². The first-order valence-corrected chi connectivity index (χ1v) is 3.36. The second-order valence-electron chi connectivity index (χ2n) is 2.20. The zero-order valence-corrected chi connectivity index (χ0v) is 6.12. The van der Waals surface area contributed by atoms with Gasteiger partial charge in [-0.2, -0.15) is 0 Å². The molecule has 0 fully saturated rings. The van der Waals surface area contributed by atoms with E-state index >= 15 is 0 Å². The Morgan fingerprint density at radius 1 is 1.27 bits per heavy atom. The number of hydrogen-bond donors (Lipinski definition) is 2. The molecular weight excluding hydrogens is 136 g/mol. The van der Waals surface area contributed by atoms with E-state index in [1.807, 2.05) is 36.4 Å². The number of rotatable bonds is 2. The maximum Gasteiger partial charge on any atom is 0.115 e. The molecule has 0 atom stereocenters. The lowest BCUT2D eigenvalue weighted by atomic mass is 10.2. The van der Waals surface area contributed by atoms with E-state index in [0.29, 0.717) is 0 Å². The van der Waals surface area contributed by atoms with Crippen molar-refractivity contribution in [2.75, 3.05) is 0 Å². The van der Waals surface area contributed by atoms with E-state index < -0.39 is 0 Å². The molecule has 0 aliphatic carbocycles. The summed E-state index contributed by atoms with van der Waals surface area (Å²) in [5.74, 6) is 0.0776. The first-order valence-electron chi connectivity index (χ1n) is 3.36. The molecule has 1 rings (SSSR count). The van der Waals surface area contributed by atoms with Gasteiger partial charge in [0.1, 0.15) is 5.84 Å². The SMILES string of the molecule is N=C(N)C=Cc1ccccc1. The van der Waals surface area contributed by atoms with E-state index in [2.05, 4.69) is 0 Å². The maximum atomic E-state index is 6.93. The molecule has 11 heavy (non-hydrogen) atoms. The molecule has 2 heteroatoms. The largest absolute Gasteiger partial charge is 0.384 e. The highest BCUT2D eigenvalue weighted by Gasteiger charge is 1.81. The fraction of sp³-hybridized carbons (Fsp3) is 0. The Morgan fingerprint density at radius 3 is 2.45 bits per heavy atom. The lowest BCUT2D eigenvalue weighted by molar-refractivity contribution is 1.47. The molecule has 0 radical (unpaired) electrons. The van der Waals surface area contributed by atoms with Crippen molar-refractivity contribution in [2.45, 2.75) is 0 Å². The molecule has 0 unspecified atom stereocenters. The van der Waals surface area contributed by atoms with Crippen LogP contribution in [0, 0.1) is 5.41 Å². The van der Waals surface area contributed by atoms with Crippen LogP contribution in [0.25, 0.3) is 6.08 Å². The molecule has 3 N–H and O–H groups in total. The standard InChI is InChI=1S/C9H10N2/c10-9(11)7-6-8-4-2-1-3-5-8/h1-7H,(H3,10,11). The van der Waals surface area contributed by atoms with Crippen molar-refractivity contribution in [2.24, 2.45) is 5.73 Å². The third kappa shape index (κ3) is 2.67. The van der Waals surface area contributed by atoms with Crippen LogP contribution in [0.5, 0.6) is 0 Å². The summed E-state index contributed by atoms with van der Waals surface area (Å²) < 4.78 is 0. The summed E-state index contributed by atoms with van der Waals surface area (Å²) in [7, 11) is 0. The lowest BCUT2D eigenvalue weighted by Crippen LogP contribution is -2.03. The molecule has 0 bridgehead atoms. The Hall–Kier alpha value is -1.57. The van der Waals surface area contributed by atoms with Gasteiger partial charge in [0.05, 0.1) is 0 Å². The molecule has 0 aliphatic heterocycles. The fourth-order valence-electron chi connectivity index (χ4n) is 0.750. The highest BCUT2D eigenvalue weighted by atomic mass is 14.7. The van der Waals surface area contributed by atoms with Gasteiger partial charge in [0.2, 0.25) is 0 Å². The second-order valence-corrected chi connectivity index (χ2v) is 2.20. The summed E-state index contributed by atoms with van der Waals surface area (Å²) in [4.78, 5) is 0. The predicted octanol–water partition coefficient (Wildman–Crippen LogP) is 1.64. The van der Waals surface area contributed by atoms with Gasteiger partial charge in [0.25, 0.3) is 0 Å². The highest BCUT2D eigenvalue weighted by molar-refractivity contribution is 5.92. The van der Waals surface area contributed by atoms with Crippen molar-refractivity contribution < 1.29 is 0 Å². The molecule has 1 aromatic rings. The van der Waals surface area contributed by atoms with Gasteiger partial charge in [-0.05, 0) is 11.6 Å². The minimum absolute atomic E-state index is 0.0776. The molecular formula is C9H10N2. The van der Waals surface area contributed by atoms with Crippen molar-refractivity contribution in [3.63, 3.8) is 0 Å². The van der Waals surface area contributed by atoms with Crippen molar-refractivity contribution in [1.82, 2.24) is 0 Å². The van der Waals surface area contributed by atoms with Gasteiger partial charge >= 0.3 is 0 Å². The first-order chi connectivity index (χ1) is 5.29. The molecule has 0 aromatic heterocycles. The smallest absolute Gasteiger partial charge is 0.115 e. The lowest BCUT2D eigenvalue weighted by Gasteiger charge is -1.89. The van der Waals surface area contributed by atoms with E-state index in [1.54, 1.807) is 6.08 Å². The first kappa shape index (κ1) is 7.54. The zero-order valence-electron chi connectivity index (χ0n) is 6.12.